The predicted molar refractivity (Wildman–Crippen MR) is 128 cm³/mol. The molecule has 0 radical (unpaired) electrons. The van der Waals surface area contributed by atoms with Crippen molar-refractivity contribution in [2.24, 2.45) is 5.92 Å². The summed E-state index contributed by atoms with van der Waals surface area (Å²) in [5.41, 5.74) is 2.32. The lowest BCUT2D eigenvalue weighted by atomic mass is 9.86. The highest BCUT2D eigenvalue weighted by atomic mass is 16.5. The van der Waals surface area contributed by atoms with Crippen molar-refractivity contribution in [2.75, 3.05) is 13.1 Å². The summed E-state index contributed by atoms with van der Waals surface area (Å²) in [6, 6.07) is 6.28. The normalized spacial score (nSPS) is 24.9. The number of carbonyl (C=O) groups excluding carboxylic acids is 1. The first-order chi connectivity index (χ1) is 15.5. The largest absolute Gasteiger partial charge is 0.489 e. The molecule has 1 aliphatic carbocycles. The van der Waals surface area contributed by atoms with Gasteiger partial charge in [0, 0.05) is 43.3 Å². The van der Waals surface area contributed by atoms with Gasteiger partial charge in [0.25, 0.3) is 0 Å². The molecule has 5 atom stereocenters. The molecule has 0 aromatic heterocycles. The zero-order chi connectivity index (χ0) is 23.1. The Balaban J connectivity index is 1.65. The van der Waals surface area contributed by atoms with Gasteiger partial charge < -0.3 is 19.8 Å². The van der Waals surface area contributed by atoms with Crippen LogP contribution < -0.4 is 4.74 Å². The van der Waals surface area contributed by atoms with Crippen molar-refractivity contribution in [2.45, 2.75) is 96.4 Å². The first kappa shape index (κ1) is 24.8. The van der Waals surface area contributed by atoms with Gasteiger partial charge in [0.15, 0.2) is 0 Å². The molecule has 2 aliphatic rings. The molecule has 0 saturated heterocycles. The van der Waals surface area contributed by atoms with Crippen LogP contribution in [0.1, 0.15) is 82.8 Å². The standard InChI is InChI=1S/C27H41NO4/c1-4-7-8-13-20(29)16-17-21-23(30)18-24-26(21)22-14-9-11-19(27(22)32-24)12-10-15-25(31)28(5-2)6-3/h9,11,14,16-17,20-21,23-24,26,29-30H,4-8,10,12-13,15,18H2,1-3H3/t20-,21-,23+,24-,26-/m0/s1. The molecule has 1 aromatic carbocycles. The minimum atomic E-state index is -0.454. The Morgan fingerprint density at radius 1 is 1.22 bits per heavy atom. The number of rotatable bonds is 12. The number of nitrogens with zero attached hydrogens (tertiary/aromatic N) is 1. The van der Waals surface area contributed by atoms with E-state index in [1.165, 1.54) is 0 Å². The molecular formula is C27H41NO4. The van der Waals surface area contributed by atoms with E-state index in [0.717, 1.165) is 68.5 Å². The Kier molecular flexibility index (Phi) is 9.18. The predicted octanol–water partition coefficient (Wildman–Crippen LogP) is 4.60. The van der Waals surface area contributed by atoms with Crippen LogP contribution in [0.2, 0.25) is 0 Å². The van der Waals surface area contributed by atoms with E-state index in [-0.39, 0.29) is 23.8 Å². The average molecular weight is 444 g/mol. The number of aliphatic hydroxyl groups is 2. The van der Waals surface area contributed by atoms with Gasteiger partial charge in [0.2, 0.25) is 5.91 Å². The molecule has 1 aromatic rings. The smallest absolute Gasteiger partial charge is 0.222 e. The highest BCUT2D eigenvalue weighted by Crippen LogP contribution is 2.52. The van der Waals surface area contributed by atoms with Crippen LogP contribution in [0.4, 0.5) is 0 Å². The number of amides is 1. The summed E-state index contributed by atoms with van der Waals surface area (Å²) in [7, 11) is 0. The molecule has 3 rings (SSSR count). The van der Waals surface area contributed by atoms with Crippen LogP contribution in [0.25, 0.3) is 0 Å². The van der Waals surface area contributed by atoms with Crippen molar-refractivity contribution < 1.29 is 19.7 Å². The lowest BCUT2D eigenvalue weighted by Gasteiger charge is -2.19. The molecule has 0 bridgehead atoms. The summed E-state index contributed by atoms with van der Waals surface area (Å²) >= 11 is 0. The molecule has 1 saturated carbocycles. The molecule has 5 heteroatoms. The molecule has 1 aliphatic heterocycles. The van der Waals surface area contributed by atoms with Crippen molar-refractivity contribution in [1.29, 1.82) is 0 Å². The van der Waals surface area contributed by atoms with Crippen molar-refractivity contribution in [1.82, 2.24) is 4.90 Å². The first-order valence-corrected chi connectivity index (χ1v) is 12.6. The zero-order valence-corrected chi connectivity index (χ0v) is 20.0. The fourth-order valence-electron chi connectivity index (χ4n) is 5.29. The van der Waals surface area contributed by atoms with Crippen LogP contribution in [-0.2, 0) is 11.2 Å². The number of fused-ring (bicyclic) bond motifs is 3. The van der Waals surface area contributed by atoms with E-state index in [1.54, 1.807) is 0 Å². The van der Waals surface area contributed by atoms with E-state index < -0.39 is 12.2 Å². The number of ether oxygens (including phenoxy) is 1. The Hall–Kier alpha value is -1.85. The van der Waals surface area contributed by atoms with E-state index in [1.807, 2.05) is 30.9 Å². The fourth-order valence-corrected chi connectivity index (χ4v) is 5.29. The van der Waals surface area contributed by atoms with Gasteiger partial charge in [0.05, 0.1) is 12.2 Å². The molecule has 0 unspecified atom stereocenters. The van der Waals surface area contributed by atoms with Crippen molar-refractivity contribution in [3.63, 3.8) is 0 Å². The summed E-state index contributed by atoms with van der Waals surface area (Å²) in [6.45, 7) is 7.70. The van der Waals surface area contributed by atoms with Crippen LogP contribution in [0.5, 0.6) is 5.75 Å². The summed E-state index contributed by atoms with van der Waals surface area (Å²) in [5, 5.41) is 21.0. The van der Waals surface area contributed by atoms with E-state index in [4.69, 9.17) is 4.74 Å². The molecule has 2 N–H and O–H groups in total. The number of aliphatic hydroxyl groups excluding tert-OH is 2. The van der Waals surface area contributed by atoms with Crippen molar-refractivity contribution in [3.05, 3.63) is 41.5 Å². The Morgan fingerprint density at radius 2 is 2.00 bits per heavy atom. The molecule has 178 valence electrons. The Morgan fingerprint density at radius 3 is 2.72 bits per heavy atom. The summed E-state index contributed by atoms with van der Waals surface area (Å²) in [6.07, 6.45) is 9.80. The topological polar surface area (TPSA) is 70.0 Å². The Bertz CT molecular complexity index is 773. The van der Waals surface area contributed by atoms with Crippen molar-refractivity contribution >= 4 is 5.91 Å². The van der Waals surface area contributed by atoms with Gasteiger partial charge >= 0.3 is 0 Å². The van der Waals surface area contributed by atoms with Gasteiger partial charge in [0.1, 0.15) is 11.9 Å². The van der Waals surface area contributed by atoms with Gasteiger partial charge in [-0.15, -0.1) is 0 Å². The Labute approximate surface area is 193 Å². The van der Waals surface area contributed by atoms with Gasteiger partial charge in [-0.25, -0.2) is 0 Å². The highest BCUT2D eigenvalue weighted by molar-refractivity contribution is 5.76. The van der Waals surface area contributed by atoms with Crippen molar-refractivity contribution in [3.8, 4) is 5.75 Å². The van der Waals surface area contributed by atoms with Gasteiger partial charge in [-0.3, -0.25) is 4.79 Å². The maximum atomic E-state index is 12.3. The minimum absolute atomic E-state index is 0.0228. The van der Waals surface area contributed by atoms with E-state index in [0.29, 0.717) is 12.8 Å². The monoisotopic (exact) mass is 443 g/mol. The zero-order valence-electron chi connectivity index (χ0n) is 20.0. The lowest BCUT2D eigenvalue weighted by Crippen LogP contribution is -2.30. The second-order valence-electron chi connectivity index (χ2n) is 9.27. The third kappa shape index (κ3) is 5.74. The minimum Gasteiger partial charge on any atom is -0.489 e. The number of hydrogen-bond donors (Lipinski definition) is 2. The summed E-state index contributed by atoms with van der Waals surface area (Å²) in [4.78, 5) is 14.2. The number of para-hydroxylation sites is 1. The molecule has 5 nitrogen and oxygen atoms in total. The van der Waals surface area contributed by atoms with E-state index >= 15 is 0 Å². The third-order valence-corrected chi connectivity index (χ3v) is 7.10. The van der Waals surface area contributed by atoms with E-state index in [9.17, 15) is 15.0 Å². The molecular weight excluding hydrogens is 402 g/mol. The maximum Gasteiger partial charge on any atom is 0.222 e. The molecule has 1 amide bonds. The average Bonchev–Trinajstić information content (AvgIpc) is 3.28. The van der Waals surface area contributed by atoms with Crippen LogP contribution >= 0.6 is 0 Å². The first-order valence-electron chi connectivity index (χ1n) is 12.6. The summed E-state index contributed by atoms with van der Waals surface area (Å²) < 4.78 is 6.34. The van der Waals surface area contributed by atoms with E-state index in [2.05, 4.69) is 25.1 Å². The molecule has 1 heterocycles. The third-order valence-electron chi connectivity index (χ3n) is 7.10. The number of carbonyl (C=O) groups is 1. The maximum absolute atomic E-state index is 12.3. The molecule has 1 fully saturated rings. The number of unbranched alkanes of at least 4 members (excludes halogenated alkanes) is 2. The van der Waals surface area contributed by atoms with Gasteiger partial charge in [-0.05, 0) is 38.7 Å². The number of hydrogen-bond acceptors (Lipinski definition) is 4. The lowest BCUT2D eigenvalue weighted by molar-refractivity contribution is -0.130. The van der Waals surface area contributed by atoms with Crippen LogP contribution in [-0.4, -0.2) is 52.4 Å². The second kappa shape index (κ2) is 11.9. The fraction of sp³-hybridized carbons (Fsp3) is 0.667. The quantitative estimate of drug-likeness (QED) is 0.366. The van der Waals surface area contributed by atoms with Crippen LogP contribution in [0.3, 0.4) is 0 Å². The number of benzene rings is 1. The van der Waals surface area contributed by atoms with Gasteiger partial charge in [-0.2, -0.15) is 0 Å². The van der Waals surface area contributed by atoms with Crippen LogP contribution in [0.15, 0.2) is 30.4 Å². The number of aryl methyl sites for hydroxylation is 1. The SMILES string of the molecule is CCCCC[C@H](O)C=C[C@@H]1[C@H]2c3cccc(CCCC(=O)N(CC)CC)c3O[C@H]2C[C@H]1O. The second-order valence-corrected chi connectivity index (χ2v) is 9.27. The summed E-state index contributed by atoms with van der Waals surface area (Å²) in [5.74, 6) is 1.25. The van der Waals surface area contributed by atoms with Gasteiger partial charge in [-0.1, -0.05) is 56.5 Å². The highest BCUT2D eigenvalue weighted by Gasteiger charge is 2.48. The molecule has 32 heavy (non-hydrogen) atoms. The van der Waals surface area contributed by atoms with Crippen LogP contribution in [0, 0.1) is 5.92 Å². The molecule has 0 spiro atoms.